The van der Waals surface area contributed by atoms with Crippen LogP contribution in [-0.2, 0) is 6.54 Å². The summed E-state index contributed by atoms with van der Waals surface area (Å²) in [6.45, 7) is 2.68. The van der Waals surface area contributed by atoms with E-state index in [4.69, 9.17) is 5.73 Å². The molecule has 1 fully saturated rings. The summed E-state index contributed by atoms with van der Waals surface area (Å²) in [6.07, 6.45) is 5.02. The largest absolute Gasteiger partial charge is 0.329 e. The highest BCUT2D eigenvalue weighted by atomic mass is 15.1. The lowest BCUT2D eigenvalue weighted by atomic mass is 10.2. The summed E-state index contributed by atoms with van der Waals surface area (Å²) in [5.74, 6) is 0.990. The van der Waals surface area contributed by atoms with Gasteiger partial charge in [0.05, 0.1) is 6.54 Å². The molecule has 1 aliphatic heterocycles. The molecule has 0 saturated carbocycles. The maximum atomic E-state index is 5.56. The van der Waals surface area contributed by atoms with Crippen LogP contribution in [0.25, 0.3) is 0 Å². The molecule has 0 amide bonds. The average molecular weight is 166 g/mol. The minimum Gasteiger partial charge on any atom is -0.329 e. The van der Waals surface area contributed by atoms with Crippen LogP contribution in [0.5, 0.6) is 0 Å². The van der Waals surface area contributed by atoms with E-state index in [9.17, 15) is 0 Å². The topological polar surface area (TPSA) is 55.9 Å². The van der Waals surface area contributed by atoms with Gasteiger partial charge in [0.15, 0.2) is 0 Å². The Kier molecular flexibility index (Phi) is 2.10. The Labute approximate surface area is 71.8 Å². The van der Waals surface area contributed by atoms with Crippen LogP contribution in [0.15, 0.2) is 12.4 Å². The summed E-state index contributed by atoms with van der Waals surface area (Å²) in [6, 6.07) is 0.561. The van der Waals surface area contributed by atoms with Crippen LogP contribution in [0.3, 0.4) is 0 Å². The summed E-state index contributed by atoms with van der Waals surface area (Å²) in [5, 5.41) is 3.32. The Morgan fingerprint density at radius 2 is 2.67 bits per heavy atom. The number of nitrogens with two attached hydrogens (primary N) is 1. The van der Waals surface area contributed by atoms with Crippen LogP contribution in [0.2, 0.25) is 0 Å². The Hall–Kier alpha value is -0.870. The fraction of sp³-hybridized carbons (Fsp3) is 0.625. The first-order valence-electron chi connectivity index (χ1n) is 4.34. The molecule has 0 bridgehead atoms. The lowest BCUT2D eigenvalue weighted by Gasteiger charge is -2.12. The second-order valence-corrected chi connectivity index (χ2v) is 3.10. The molecule has 1 saturated heterocycles. The van der Waals surface area contributed by atoms with E-state index in [1.54, 1.807) is 0 Å². The lowest BCUT2D eigenvalue weighted by Crippen LogP contribution is -2.16. The summed E-state index contributed by atoms with van der Waals surface area (Å²) < 4.78 is 2.18. The minimum absolute atomic E-state index is 0.531. The molecule has 12 heavy (non-hydrogen) atoms. The van der Waals surface area contributed by atoms with Crippen molar-refractivity contribution in [3.8, 4) is 0 Å². The van der Waals surface area contributed by atoms with Crippen LogP contribution in [0.4, 0.5) is 0 Å². The van der Waals surface area contributed by atoms with Crippen molar-refractivity contribution >= 4 is 0 Å². The molecule has 0 spiro atoms. The van der Waals surface area contributed by atoms with E-state index in [0.717, 1.165) is 18.9 Å². The zero-order chi connectivity index (χ0) is 8.39. The fourth-order valence-corrected chi connectivity index (χ4v) is 1.71. The number of hydrogen-bond donors (Lipinski definition) is 2. The number of nitrogens with zero attached hydrogens (tertiary/aromatic N) is 2. The highest BCUT2D eigenvalue weighted by molar-refractivity contribution is 4.96. The third kappa shape index (κ3) is 1.23. The van der Waals surface area contributed by atoms with Gasteiger partial charge in [-0.05, 0) is 13.0 Å². The molecule has 1 aromatic heterocycles. The standard InChI is InChI=1S/C8H14N4/c9-5-8-11-3-4-12(8)7-1-2-10-6-7/h3-4,7,10H,1-2,5-6,9H2. The number of imidazole rings is 1. The highest BCUT2D eigenvalue weighted by Crippen LogP contribution is 2.16. The van der Waals surface area contributed by atoms with Crippen molar-refractivity contribution in [1.82, 2.24) is 14.9 Å². The van der Waals surface area contributed by atoms with Crippen molar-refractivity contribution < 1.29 is 0 Å². The summed E-state index contributed by atoms with van der Waals surface area (Å²) in [7, 11) is 0. The molecule has 3 N–H and O–H groups in total. The molecule has 0 aliphatic carbocycles. The van der Waals surface area contributed by atoms with Gasteiger partial charge in [0.25, 0.3) is 0 Å². The molecule has 2 rings (SSSR count). The summed E-state index contributed by atoms with van der Waals surface area (Å²) in [4.78, 5) is 4.19. The molecule has 4 heteroatoms. The first kappa shape index (κ1) is 7.76. The Balaban J connectivity index is 2.19. The van der Waals surface area contributed by atoms with Crippen molar-refractivity contribution in [2.75, 3.05) is 13.1 Å². The van der Waals surface area contributed by atoms with Gasteiger partial charge in [0, 0.05) is 25.0 Å². The predicted molar refractivity (Wildman–Crippen MR) is 46.6 cm³/mol. The number of nitrogens with one attached hydrogen (secondary N) is 1. The third-order valence-electron chi connectivity index (χ3n) is 2.36. The van der Waals surface area contributed by atoms with E-state index < -0.39 is 0 Å². The van der Waals surface area contributed by atoms with Crippen molar-refractivity contribution in [1.29, 1.82) is 0 Å². The van der Waals surface area contributed by atoms with Crippen LogP contribution in [0.1, 0.15) is 18.3 Å². The van der Waals surface area contributed by atoms with E-state index in [-0.39, 0.29) is 0 Å². The SMILES string of the molecule is NCc1nccn1C1CCNC1. The minimum atomic E-state index is 0.531. The van der Waals surface area contributed by atoms with Gasteiger partial charge >= 0.3 is 0 Å². The smallest absolute Gasteiger partial charge is 0.122 e. The molecule has 0 aromatic carbocycles. The molecule has 1 atom stereocenters. The average Bonchev–Trinajstić information content (AvgIpc) is 2.74. The van der Waals surface area contributed by atoms with E-state index in [1.807, 2.05) is 12.4 Å². The highest BCUT2D eigenvalue weighted by Gasteiger charge is 2.17. The van der Waals surface area contributed by atoms with Crippen LogP contribution >= 0.6 is 0 Å². The van der Waals surface area contributed by atoms with Crippen molar-refractivity contribution in [3.63, 3.8) is 0 Å². The molecule has 1 aromatic rings. The Bertz CT molecular complexity index is 249. The maximum absolute atomic E-state index is 5.56. The van der Waals surface area contributed by atoms with Crippen molar-refractivity contribution in [2.24, 2.45) is 5.73 Å². The molecule has 4 nitrogen and oxygen atoms in total. The van der Waals surface area contributed by atoms with Gasteiger partial charge in [0.2, 0.25) is 0 Å². The predicted octanol–water partition coefficient (Wildman–Crippen LogP) is -0.124. The second kappa shape index (κ2) is 3.25. The molecular formula is C8H14N4. The van der Waals surface area contributed by atoms with Gasteiger partial charge in [-0.1, -0.05) is 0 Å². The van der Waals surface area contributed by atoms with Crippen LogP contribution < -0.4 is 11.1 Å². The van der Waals surface area contributed by atoms with Gasteiger partial charge < -0.3 is 15.6 Å². The Morgan fingerprint density at radius 3 is 3.33 bits per heavy atom. The van der Waals surface area contributed by atoms with Gasteiger partial charge in [-0.15, -0.1) is 0 Å². The first-order valence-corrected chi connectivity index (χ1v) is 4.34. The van der Waals surface area contributed by atoms with Crippen molar-refractivity contribution in [3.05, 3.63) is 18.2 Å². The van der Waals surface area contributed by atoms with Crippen LogP contribution in [-0.4, -0.2) is 22.6 Å². The van der Waals surface area contributed by atoms with E-state index in [0.29, 0.717) is 12.6 Å². The quantitative estimate of drug-likeness (QED) is 0.644. The summed E-state index contributed by atoms with van der Waals surface area (Å²) >= 11 is 0. The monoisotopic (exact) mass is 166 g/mol. The van der Waals surface area contributed by atoms with Gasteiger partial charge in [0.1, 0.15) is 5.82 Å². The van der Waals surface area contributed by atoms with Crippen molar-refractivity contribution in [2.45, 2.75) is 19.0 Å². The molecule has 1 aliphatic rings. The molecule has 1 unspecified atom stereocenters. The number of hydrogen-bond acceptors (Lipinski definition) is 3. The van der Waals surface area contributed by atoms with E-state index in [1.165, 1.54) is 6.42 Å². The normalized spacial score (nSPS) is 23.2. The molecular weight excluding hydrogens is 152 g/mol. The molecule has 2 heterocycles. The third-order valence-corrected chi connectivity index (χ3v) is 2.36. The summed E-state index contributed by atoms with van der Waals surface area (Å²) in [5.41, 5.74) is 5.56. The van der Waals surface area contributed by atoms with Gasteiger partial charge in [-0.2, -0.15) is 0 Å². The van der Waals surface area contributed by atoms with Crippen LogP contribution in [0, 0.1) is 0 Å². The first-order chi connectivity index (χ1) is 5.92. The number of aromatic nitrogens is 2. The Morgan fingerprint density at radius 1 is 1.75 bits per heavy atom. The van der Waals surface area contributed by atoms with Gasteiger partial charge in [-0.3, -0.25) is 0 Å². The lowest BCUT2D eigenvalue weighted by molar-refractivity contribution is 0.523. The second-order valence-electron chi connectivity index (χ2n) is 3.10. The van der Waals surface area contributed by atoms with E-state index >= 15 is 0 Å². The molecule has 0 radical (unpaired) electrons. The maximum Gasteiger partial charge on any atom is 0.122 e. The fourth-order valence-electron chi connectivity index (χ4n) is 1.71. The molecule has 66 valence electrons. The zero-order valence-electron chi connectivity index (χ0n) is 7.03. The van der Waals surface area contributed by atoms with E-state index in [2.05, 4.69) is 14.9 Å². The zero-order valence-corrected chi connectivity index (χ0v) is 7.03. The number of rotatable bonds is 2. The van der Waals surface area contributed by atoms with Gasteiger partial charge in [-0.25, -0.2) is 4.98 Å².